The van der Waals surface area contributed by atoms with E-state index in [1.54, 1.807) is 0 Å². The number of hydrogen-bond acceptors (Lipinski definition) is 1. The number of rotatable bonds is 1. The third kappa shape index (κ3) is 1.50. The largest absolute Gasteiger partial charge is 0.329 e. The van der Waals surface area contributed by atoms with E-state index in [2.05, 4.69) is 31.7 Å². The number of likely N-dealkylation sites (tertiary alicyclic amines) is 1. The van der Waals surface area contributed by atoms with Gasteiger partial charge < -0.3 is 4.90 Å². The average Bonchev–Trinajstić information content (AvgIpc) is 2.30. The van der Waals surface area contributed by atoms with Crippen LogP contribution in [0.25, 0.3) is 0 Å². The minimum Gasteiger partial charge on any atom is -0.329 e. The molecule has 1 aliphatic heterocycles. The summed E-state index contributed by atoms with van der Waals surface area (Å²) in [6, 6.07) is 3.37. The van der Waals surface area contributed by atoms with Gasteiger partial charge in [0.15, 0.2) is 0 Å². The fraction of sp³-hybridized carbons (Fsp3) is 0.800. The molecule has 0 radical (unpaired) electrons. The molecule has 11 heavy (non-hydrogen) atoms. The summed E-state index contributed by atoms with van der Waals surface area (Å²) in [6.07, 6.45) is 6.66. The molecule has 1 heterocycles. The van der Waals surface area contributed by atoms with Crippen LogP contribution in [-0.4, -0.2) is 17.5 Å². The molecule has 0 saturated carbocycles. The Bertz CT molecular complexity index is 166. The third-order valence-corrected chi connectivity index (χ3v) is 2.62. The minimum atomic E-state index is 0.611. The highest BCUT2D eigenvalue weighted by atomic mass is 15.2. The summed E-state index contributed by atoms with van der Waals surface area (Å²) in [5, 5.41) is 0. The molecule has 0 aromatic carbocycles. The molecule has 2 atom stereocenters. The summed E-state index contributed by atoms with van der Waals surface area (Å²) in [5.74, 6) is 1.45. The van der Waals surface area contributed by atoms with Crippen molar-refractivity contribution in [3.05, 3.63) is 0 Å². The van der Waals surface area contributed by atoms with E-state index in [1.165, 1.54) is 6.42 Å². The number of terminal acetylenes is 1. The topological polar surface area (TPSA) is 3.24 Å². The van der Waals surface area contributed by atoms with E-state index in [0.717, 1.165) is 12.5 Å². The van der Waals surface area contributed by atoms with Gasteiger partial charge in [-0.15, -0.1) is 0 Å². The fourth-order valence-electron chi connectivity index (χ4n) is 2.14. The zero-order chi connectivity index (χ0) is 8.43. The lowest BCUT2D eigenvalue weighted by Crippen LogP contribution is -2.32. The predicted molar refractivity (Wildman–Crippen MR) is 47.9 cm³/mol. The van der Waals surface area contributed by atoms with Crippen LogP contribution in [0, 0.1) is 24.3 Å². The van der Waals surface area contributed by atoms with Crippen LogP contribution in [0.3, 0.4) is 0 Å². The molecule has 0 aliphatic carbocycles. The highest BCUT2D eigenvalue weighted by Gasteiger charge is 2.31. The van der Waals surface area contributed by atoms with Crippen LogP contribution in [0.4, 0.5) is 0 Å². The first-order chi connectivity index (χ1) is 5.16. The molecule has 1 saturated heterocycles. The Labute approximate surface area is 69.8 Å². The van der Waals surface area contributed by atoms with Crippen molar-refractivity contribution in [3.8, 4) is 12.5 Å². The van der Waals surface area contributed by atoms with Crippen molar-refractivity contribution in [1.29, 1.82) is 0 Å². The van der Waals surface area contributed by atoms with E-state index in [-0.39, 0.29) is 0 Å². The van der Waals surface area contributed by atoms with E-state index < -0.39 is 0 Å². The Morgan fingerprint density at radius 1 is 1.55 bits per heavy atom. The van der Waals surface area contributed by atoms with Gasteiger partial charge in [-0.05, 0) is 18.3 Å². The van der Waals surface area contributed by atoms with Gasteiger partial charge in [-0.1, -0.05) is 27.2 Å². The first-order valence-electron chi connectivity index (χ1n) is 4.39. The summed E-state index contributed by atoms with van der Waals surface area (Å²) in [5.41, 5.74) is 0. The molecule has 1 unspecified atom stereocenters. The van der Waals surface area contributed by atoms with E-state index >= 15 is 0 Å². The van der Waals surface area contributed by atoms with Crippen molar-refractivity contribution in [2.24, 2.45) is 11.8 Å². The smallest absolute Gasteiger partial charge is 0.0420 e. The molecule has 0 N–H and O–H groups in total. The minimum absolute atomic E-state index is 0.611. The Morgan fingerprint density at radius 2 is 2.18 bits per heavy atom. The molecule has 0 aromatic heterocycles. The molecular formula is C10H17N. The lowest BCUT2D eigenvalue weighted by atomic mass is 9.93. The monoisotopic (exact) mass is 151 g/mol. The van der Waals surface area contributed by atoms with Crippen LogP contribution < -0.4 is 0 Å². The Morgan fingerprint density at radius 3 is 2.55 bits per heavy atom. The SMILES string of the molecule is C#CN1CC[C@H](C)C1C(C)C. The summed E-state index contributed by atoms with van der Waals surface area (Å²) >= 11 is 0. The van der Waals surface area contributed by atoms with Crippen molar-refractivity contribution in [3.63, 3.8) is 0 Å². The van der Waals surface area contributed by atoms with Gasteiger partial charge in [-0.3, -0.25) is 0 Å². The average molecular weight is 151 g/mol. The van der Waals surface area contributed by atoms with E-state index in [4.69, 9.17) is 6.42 Å². The molecule has 0 amide bonds. The number of nitrogens with zero attached hydrogens (tertiary/aromatic N) is 1. The van der Waals surface area contributed by atoms with Gasteiger partial charge in [0.25, 0.3) is 0 Å². The van der Waals surface area contributed by atoms with Crippen LogP contribution in [0.1, 0.15) is 27.2 Å². The molecule has 1 heteroatoms. The lowest BCUT2D eigenvalue weighted by Gasteiger charge is -2.26. The third-order valence-electron chi connectivity index (χ3n) is 2.62. The molecule has 1 aliphatic rings. The fourth-order valence-corrected chi connectivity index (χ4v) is 2.14. The second kappa shape index (κ2) is 3.17. The molecule has 62 valence electrons. The van der Waals surface area contributed by atoms with Crippen LogP contribution in [0.15, 0.2) is 0 Å². The summed E-state index contributed by atoms with van der Waals surface area (Å²) in [4.78, 5) is 2.15. The molecule has 0 bridgehead atoms. The maximum atomic E-state index is 5.40. The van der Waals surface area contributed by atoms with Crippen LogP contribution >= 0.6 is 0 Å². The zero-order valence-corrected chi connectivity index (χ0v) is 7.67. The standard InChI is InChI=1S/C10H17N/c1-5-11-7-6-9(4)10(11)8(2)3/h1,8-10H,6-7H2,2-4H3/t9-,10?/m0/s1. The molecular weight excluding hydrogens is 134 g/mol. The second-order valence-electron chi connectivity index (χ2n) is 3.82. The highest BCUT2D eigenvalue weighted by molar-refractivity contribution is 4.97. The van der Waals surface area contributed by atoms with Crippen molar-refractivity contribution in [1.82, 2.24) is 4.90 Å². The molecule has 1 rings (SSSR count). The van der Waals surface area contributed by atoms with Crippen LogP contribution in [0.2, 0.25) is 0 Å². The van der Waals surface area contributed by atoms with E-state index in [1.807, 2.05) is 0 Å². The van der Waals surface area contributed by atoms with Crippen LogP contribution in [-0.2, 0) is 0 Å². The normalized spacial score (nSPS) is 31.0. The van der Waals surface area contributed by atoms with Gasteiger partial charge in [0.1, 0.15) is 0 Å². The summed E-state index contributed by atoms with van der Waals surface area (Å²) < 4.78 is 0. The Hall–Kier alpha value is -0.640. The van der Waals surface area contributed by atoms with Crippen molar-refractivity contribution < 1.29 is 0 Å². The molecule has 0 spiro atoms. The molecule has 1 nitrogen and oxygen atoms in total. The van der Waals surface area contributed by atoms with Gasteiger partial charge in [0.05, 0.1) is 0 Å². The lowest BCUT2D eigenvalue weighted by molar-refractivity contribution is 0.255. The zero-order valence-electron chi connectivity index (χ0n) is 7.67. The van der Waals surface area contributed by atoms with Gasteiger partial charge >= 0.3 is 0 Å². The Balaban J connectivity index is 2.65. The van der Waals surface area contributed by atoms with E-state index in [0.29, 0.717) is 12.0 Å². The first-order valence-corrected chi connectivity index (χ1v) is 4.39. The van der Waals surface area contributed by atoms with Crippen LogP contribution in [0.5, 0.6) is 0 Å². The molecule has 1 fully saturated rings. The summed E-state index contributed by atoms with van der Waals surface area (Å²) in [6.45, 7) is 7.87. The predicted octanol–water partition coefficient (Wildman–Crippen LogP) is 1.94. The molecule has 0 aromatic rings. The maximum absolute atomic E-state index is 5.40. The van der Waals surface area contributed by atoms with Crippen molar-refractivity contribution >= 4 is 0 Å². The Kier molecular flexibility index (Phi) is 2.44. The van der Waals surface area contributed by atoms with Gasteiger partial charge in [-0.2, -0.15) is 0 Å². The van der Waals surface area contributed by atoms with Crippen molar-refractivity contribution in [2.45, 2.75) is 33.2 Å². The first kappa shape index (κ1) is 8.46. The van der Waals surface area contributed by atoms with Gasteiger partial charge in [0, 0.05) is 18.6 Å². The highest BCUT2D eigenvalue weighted by Crippen LogP contribution is 2.28. The van der Waals surface area contributed by atoms with Gasteiger partial charge in [-0.25, -0.2) is 0 Å². The maximum Gasteiger partial charge on any atom is 0.0420 e. The van der Waals surface area contributed by atoms with E-state index in [9.17, 15) is 0 Å². The quantitative estimate of drug-likeness (QED) is 0.518. The second-order valence-corrected chi connectivity index (χ2v) is 3.82. The number of hydrogen-bond donors (Lipinski definition) is 0. The summed E-state index contributed by atoms with van der Waals surface area (Å²) in [7, 11) is 0. The van der Waals surface area contributed by atoms with Gasteiger partial charge in [0.2, 0.25) is 0 Å². The van der Waals surface area contributed by atoms with Crippen molar-refractivity contribution in [2.75, 3.05) is 6.54 Å².